The molecule has 0 saturated heterocycles. The Kier molecular flexibility index (Phi) is 11.6. The number of hydrogen-bond donors (Lipinski definition) is 0. The normalized spacial score (nSPS) is 11.0. The Morgan fingerprint density at radius 2 is 1.62 bits per heavy atom. The molecule has 0 bridgehead atoms. The molecule has 0 aromatic rings. The second-order valence-corrected chi connectivity index (χ2v) is 4.31. The Balaban J connectivity index is 0. The van der Waals surface area contributed by atoms with Crippen molar-refractivity contribution in [2.75, 3.05) is 13.2 Å². The van der Waals surface area contributed by atoms with Crippen LogP contribution in [0.2, 0.25) is 0 Å². The van der Waals surface area contributed by atoms with E-state index in [0.29, 0.717) is 13.2 Å². The molecule has 13 heavy (non-hydrogen) atoms. The van der Waals surface area contributed by atoms with Crippen molar-refractivity contribution in [1.29, 1.82) is 0 Å². The van der Waals surface area contributed by atoms with E-state index in [4.69, 9.17) is 9.05 Å². The minimum Gasteiger partial charge on any atom is -0.331 e. The molecule has 3 nitrogen and oxygen atoms in total. The van der Waals surface area contributed by atoms with Crippen LogP contribution in [-0.2, 0) is 13.6 Å². The third-order valence-electron chi connectivity index (χ3n) is 1.26. The summed E-state index contributed by atoms with van der Waals surface area (Å²) in [7, 11) is -2.86. The first-order valence-corrected chi connectivity index (χ1v) is 6.02. The molecule has 0 fully saturated rings. The smallest absolute Gasteiger partial charge is 0.331 e. The van der Waals surface area contributed by atoms with Crippen molar-refractivity contribution in [3.63, 3.8) is 0 Å². The molecule has 74 valence electrons. The molecule has 5 heteroatoms. The van der Waals surface area contributed by atoms with Crippen LogP contribution in [0, 0.1) is 6.16 Å². The van der Waals surface area contributed by atoms with E-state index >= 15 is 0 Å². The molecule has 0 unspecified atom stereocenters. The molecule has 0 aliphatic heterocycles. The molecule has 0 N–H and O–H groups in total. The van der Waals surface area contributed by atoms with Gasteiger partial charge < -0.3 is 9.05 Å². The SMILES string of the molecule is CCC[CH-]P(=O)(OCC)OCC.[Li+]. The van der Waals surface area contributed by atoms with Gasteiger partial charge in [-0.3, -0.25) is 4.57 Å². The molecular weight excluding hydrogens is 182 g/mol. The number of hydrogen-bond acceptors (Lipinski definition) is 3. The summed E-state index contributed by atoms with van der Waals surface area (Å²) < 4.78 is 21.8. The topological polar surface area (TPSA) is 35.5 Å². The zero-order chi connectivity index (χ0) is 9.45. The van der Waals surface area contributed by atoms with Crippen LogP contribution in [0.4, 0.5) is 0 Å². The van der Waals surface area contributed by atoms with Gasteiger partial charge in [0.05, 0.1) is 13.2 Å². The van der Waals surface area contributed by atoms with E-state index in [-0.39, 0.29) is 18.9 Å². The molecule has 0 rings (SSSR count). The standard InChI is InChI=1S/C8H18O3P.Li/c1-4-7-8-12(9,10-5-2)11-6-3;/h8H,4-7H2,1-3H3;/q-1;+1. The fourth-order valence-electron chi connectivity index (χ4n) is 0.790. The van der Waals surface area contributed by atoms with Crippen molar-refractivity contribution < 1.29 is 32.5 Å². The van der Waals surface area contributed by atoms with E-state index in [1.807, 2.05) is 20.8 Å². The summed E-state index contributed by atoms with van der Waals surface area (Å²) in [6.07, 6.45) is 3.39. The number of rotatable bonds is 7. The van der Waals surface area contributed by atoms with Crippen LogP contribution < -0.4 is 18.9 Å². The summed E-state index contributed by atoms with van der Waals surface area (Å²) in [6.45, 7) is 6.50. The van der Waals surface area contributed by atoms with Crippen LogP contribution in [0.1, 0.15) is 33.6 Å². The van der Waals surface area contributed by atoms with Gasteiger partial charge >= 0.3 is 18.9 Å². The molecule has 0 spiro atoms. The van der Waals surface area contributed by atoms with E-state index in [2.05, 4.69) is 0 Å². The van der Waals surface area contributed by atoms with Crippen molar-refractivity contribution in [3.05, 3.63) is 6.16 Å². The molecule has 0 aliphatic rings. The van der Waals surface area contributed by atoms with Gasteiger partial charge in [0.25, 0.3) is 0 Å². The van der Waals surface area contributed by atoms with Gasteiger partial charge in [0, 0.05) is 0 Å². The fourth-order valence-corrected chi connectivity index (χ4v) is 2.37. The summed E-state index contributed by atoms with van der Waals surface area (Å²) in [6, 6.07) is 0. The Labute approximate surface area is 93.3 Å². The maximum atomic E-state index is 11.7. The van der Waals surface area contributed by atoms with E-state index in [1.165, 1.54) is 0 Å². The maximum absolute atomic E-state index is 11.7. The van der Waals surface area contributed by atoms with Gasteiger partial charge in [-0.2, -0.15) is 6.42 Å². The summed E-state index contributed by atoms with van der Waals surface area (Å²) in [4.78, 5) is 0. The summed E-state index contributed by atoms with van der Waals surface area (Å²) in [5.41, 5.74) is 0. The zero-order valence-electron chi connectivity index (χ0n) is 9.08. The van der Waals surface area contributed by atoms with Crippen molar-refractivity contribution in [1.82, 2.24) is 0 Å². The van der Waals surface area contributed by atoms with Gasteiger partial charge in [-0.25, -0.2) is 6.16 Å². The minimum absolute atomic E-state index is 0. The molecule has 0 saturated carbocycles. The van der Waals surface area contributed by atoms with Crippen molar-refractivity contribution >= 4 is 7.60 Å². The van der Waals surface area contributed by atoms with Gasteiger partial charge in [0.1, 0.15) is 0 Å². The monoisotopic (exact) mass is 200 g/mol. The van der Waals surface area contributed by atoms with Crippen LogP contribution in [0.3, 0.4) is 0 Å². The largest absolute Gasteiger partial charge is 1.00 e. The first-order chi connectivity index (χ1) is 5.68. The predicted octanol–water partition coefficient (Wildman–Crippen LogP) is 0.218. The predicted molar refractivity (Wildman–Crippen MR) is 50.1 cm³/mol. The maximum Gasteiger partial charge on any atom is 1.00 e. The minimum atomic E-state index is -2.86. The summed E-state index contributed by atoms with van der Waals surface area (Å²) >= 11 is 0. The van der Waals surface area contributed by atoms with Crippen molar-refractivity contribution in [3.8, 4) is 0 Å². The van der Waals surface area contributed by atoms with E-state index in [0.717, 1.165) is 12.8 Å². The molecular formula is C8H18LiO3P. The molecule has 0 aromatic heterocycles. The van der Waals surface area contributed by atoms with Gasteiger partial charge in [0.2, 0.25) is 0 Å². The fraction of sp³-hybridized carbons (Fsp3) is 0.875. The summed E-state index contributed by atoms with van der Waals surface area (Å²) in [5, 5.41) is 0. The van der Waals surface area contributed by atoms with Crippen molar-refractivity contribution in [2.24, 2.45) is 0 Å². The van der Waals surface area contributed by atoms with E-state index in [1.54, 1.807) is 6.16 Å². The molecule has 0 aromatic carbocycles. The molecule has 0 heterocycles. The quantitative estimate of drug-likeness (QED) is 0.335. The summed E-state index contributed by atoms with van der Waals surface area (Å²) in [5.74, 6) is 0. The average molecular weight is 200 g/mol. The third-order valence-corrected chi connectivity index (χ3v) is 3.20. The Morgan fingerprint density at radius 1 is 1.15 bits per heavy atom. The molecule has 0 atom stereocenters. The Bertz CT molecular complexity index is 142. The van der Waals surface area contributed by atoms with Crippen LogP contribution >= 0.6 is 7.60 Å². The number of unbranched alkanes of at least 4 members (excludes halogenated alkanes) is 1. The zero-order valence-corrected chi connectivity index (χ0v) is 9.97. The van der Waals surface area contributed by atoms with E-state index in [9.17, 15) is 4.57 Å². The van der Waals surface area contributed by atoms with E-state index < -0.39 is 7.60 Å². The van der Waals surface area contributed by atoms with Crippen LogP contribution in [0.15, 0.2) is 0 Å². The molecule has 0 aliphatic carbocycles. The van der Waals surface area contributed by atoms with Crippen LogP contribution in [-0.4, -0.2) is 13.2 Å². The molecule has 0 amide bonds. The first-order valence-electron chi connectivity index (χ1n) is 4.41. The second kappa shape index (κ2) is 9.31. The third kappa shape index (κ3) is 7.79. The van der Waals surface area contributed by atoms with Gasteiger partial charge in [-0.05, 0) is 13.8 Å². The van der Waals surface area contributed by atoms with Crippen LogP contribution in [0.25, 0.3) is 0 Å². The van der Waals surface area contributed by atoms with Crippen LogP contribution in [0.5, 0.6) is 0 Å². The second-order valence-electron chi connectivity index (χ2n) is 2.35. The molecule has 0 radical (unpaired) electrons. The van der Waals surface area contributed by atoms with Gasteiger partial charge in [-0.15, -0.1) is 0 Å². The Morgan fingerprint density at radius 3 is 1.92 bits per heavy atom. The van der Waals surface area contributed by atoms with Crippen molar-refractivity contribution in [2.45, 2.75) is 33.6 Å². The Hall–Kier alpha value is 0.747. The average Bonchev–Trinajstić information content (AvgIpc) is 2.02. The van der Waals surface area contributed by atoms with Gasteiger partial charge in [0.15, 0.2) is 7.60 Å². The van der Waals surface area contributed by atoms with Gasteiger partial charge in [-0.1, -0.05) is 13.3 Å². The first kappa shape index (κ1) is 16.2.